The van der Waals surface area contributed by atoms with E-state index in [0.717, 1.165) is 0 Å². The molecule has 0 fully saturated rings. The lowest BCUT2D eigenvalue weighted by atomic mass is 10.1. The lowest BCUT2D eigenvalue weighted by molar-refractivity contribution is -0.647. The summed E-state index contributed by atoms with van der Waals surface area (Å²) in [5.74, 6) is 0. The maximum Gasteiger partial charge on any atom is 0.212 e. The van der Waals surface area contributed by atoms with Crippen LogP contribution in [0.1, 0.15) is 31.9 Å². The molecule has 0 saturated heterocycles. The molecular formula is C16H18N+. The van der Waals surface area contributed by atoms with E-state index in [-0.39, 0.29) is 0 Å². The van der Waals surface area contributed by atoms with E-state index in [1.54, 1.807) is 11.1 Å². The van der Waals surface area contributed by atoms with Gasteiger partial charge >= 0.3 is 0 Å². The van der Waals surface area contributed by atoms with Crippen molar-refractivity contribution in [3.8, 4) is 0 Å². The van der Waals surface area contributed by atoms with Crippen LogP contribution in [0.15, 0.2) is 42.0 Å². The molecule has 3 rings (SSSR count). The highest BCUT2D eigenvalue weighted by Crippen LogP contribution is 2.32. The molecule has 0 amide bonds. The van der Waals surface area contributed by atoms with Crippen LogP contribution in [0, 0.1) is 0 Å². The highest BCUT2D eigenvalue weighted by Gasteiger charge is 2.20. The minimum Gasteiger partial charge on any atom is -0.194 e. The van der Waals surface area contributed by atoms with Crippen LogP contribution in [0.3, 0.4) is 0 Å². The van der Waals surface area contributed by atoms with E-state index >= 15 is 0 Å². The number of rotatable bonds is 1. The van der Waals surface area contributed by atoms with Gasteiger partial charge in [0.25, 0.3) is 0 Å². The number of hydrogen-bond acceptors (Lipinski definition) is 0. The van der Waals surface area contributed by atoms with Gasteiger partial charge in [0.2, 0.25) is 11.2 Å². The predicted molar refractivity (Wildman–Crippen MR) is 71.6 cm³/mol. The van der Waals surface area contributed by atoms with Gasteiger partial charge < -0.3 is 0 Å². The monoisotopic (exact) mass is 224 g/mol. The lowest BCUT2D eigenvalue weighted by Gasteiger charge is -2.05. The first-order valence-corrected chi connectivity index (χ1v) is 6.34. The maximum atomic E-state index is 2.33. The zero-order valence-corrected chi connectivity index (χ0v) is 10.5. The number of hydrogen-bond donors (Lipinski definition) is 0. The molecule has 1 heteroatoms. The van der Waals surface area contributed by atoms with Crippen molar-refractivity contribution in [1.82, 2.24) is 0 Å². The van der Waals surface area contributed by atoms with Gasteiger partial charge in [0.1, 0.15) is 7.05 Å². The highest BCUT2D eigenvalue weighted by atomic mass is 14.9. The van der Waals surface area contributed by atoms with Crippen molar-refractivity contribution in [3.63, 3.8) is 0 Å². The summed E-state index contributed by atoms with van der Waals surface area (Å²) in [7, 11) is 2.18. The van der Waals surface area contributed by atoms with Crippen molar-refractivity contribution >= 4 is 16.5 Å². The van der Waals surface area contributed by atoms with Crippen LogP contribution in [0.5, 0.6) is 0 Å². The van der Waals surface area contributed by atoms with Crippen LogP contribution in [0.2, 0.25) is 0 Å². The molecule has 1 nitrogen and oxygen atoms in total. The number of fused-ring (bicyclic) bond motifs is 1. The van der Waals surface area contributed by atoms with Crippen LogP contribution in [0.4, 0.5) is 0 Å². The van der Waals surface area contributed by atoms with Crippen molar-refractivity contribution in [2.75, 3.05) is 0 Å². The average Bonchev–Trinajstić information content (AvgIpc) is 2.76. The first-order valence-electron chi connectivity index (χ1n) is 6.34. The molecule has 86 valence electrons. The minimum atomic E-state index is 1.23. The van der Waals surface area contributed by atoms with Gasteiger partial charge in [-0.1, -0.05) is 17.7 Å². The van der Waals surface area contributed by atoms with Crippen molar-refractivity contribution in [3.05, 3.63) is 47.7 Å². The van der Waals surface area contributed by atoms with Crippen LogP contribution in [0.25, 0.3) is 16.5 Å². The summed E-state index contributed by atoms with van der Waals surface area (Å²) in [4.78, 5) is 0. The number of aromatic nitrogens is 1. The Kier molecular flexibility index (Phi) is 2.47. The standard InChI is InChI=1S/C16H18N/c1-12-6-5-8-14(12)16-11-10-13-7-3-4-9-15(13)17(16)2/h3-4,7,9-11H,5-6,8H2,1-2H3/q+1. The van der Waals surface area contributed by atoms with Crippen molar-refractivity contribution in [2.45, 2.75) is 26.2 Å². The first-order chi connectivity index (χ1) is 8.27. The second kappa shape index (κ2) is 3.99. The Morgan fingerprint density at radius 1 is 1.00 bits per heavy atom. The molecule has 0 atom stereocenters. The molecule has 17 heavy (non-hydrogen) atoms. The first kappa shape index (κ1) is 10.5. The third kappa shape index (κ3) is 1.66. The summed E-state index contributed by atoms with van der Waals surface area (Å²) in [6.07, 6.45) is 3.81. The minimum absolute atomic E-state index is 1.23. The molecule has 1 aliphatic rings. The predicted octanol–water partition coefficient (Wildman–Crippen LogP) is 3.62. The molecule has 1 aromatic heterocycles. The summed E-state index contributed by atoms with van der Waals surface area (Å²) < 4.78 is 2.33. The number of pyridine rings is 1. The number of nitrogens with zero attached hydrogens (tertiary/aromatic N) is 1. The van der Waals surface area contributed by atoms with E-state index < -0.39 is 0 Å². The Hall–Kier alpha value is -1.63. The average molecular weight is 224 g/mol. The summed E-state index contributed by atoms with van der Waals surface area (Å²) in [6.45, 7) is 2.28. The molecule has 2 aromatic rings. The van der Waals surface area contributed by atoms with Crippen molar-refractivity contribution in [2.24, 2.45) is 7.05 Å². The Morgan fingerprint density at radius 2 is 1.82 bits per heavy atom. The third-order valence-corrected chi connectivity index (χ3v) is 3.88. The van der Waals surface area contributed by atoms with Crippen LogP contribution in [-0.2, 0) is 7.05 Å². The number of allylic oxidation sites excluding steroid dienone is 2. The highest BCUT2D eigenvalue weighted by molar-refractivity contribution is 5.77. The lowest BCUT2D eigenvalue weighted by Crippen LogP contribution is -2.34. The quantitative estimate of drug-likeness (QED) is 0.651. The van der Waals surface area contributed by atoms with Gasteiger partial charge in [0.15, 0.2) is 0 Å². The normalized spacial score (nSPS) is 15.9. The molecule has 0 unspecified atom stereocenters. The number of aryl methyl sites for hydroxylation is 1. The summed E-state index contributed by atoms with van der Waals surface area (Å²) in [5, 5.41) is 1.31. The summed E-state index contributed by atoms with van der Waals surface area (Å²) >= 11 is 0. The molecule has 0 radical (unpaired) electrons. The van der Waals surface area contributed by atoms with Gasteiger partial charge in [0.05, 0.1) is 0 Å². The smallest absolute Gasteiger partial charge is 0.194 e. The molecule has 0 N–H and O–H groups in total. The second-order valence-corrected chi connectivity index (χ2v) is 4.95. The Morgan fingerprint density at radius 3 is 2.59 bits per heavy atom. The van der Waals surface area contributed by atoms with Crippen molar-refractivity contribution < 1.29 is 4.57 Å². The van der Waals surface area contributed by atoms with Gasteiger partial charge in [-0.3, -0.25) is 0 Å². The van der Waals surface area contributed by atoms with Crippen LogP contribution >= 0.6 is 0 Å². The van der Waals surface area contributed by atoms with E-state index in [1.165, 1.54) is 35.9 Å². The molecule has 0 bridgehead atoms. The largest absolute Gasteiger partial charge is 0.212 e. The molecule has 0 aliphatic heterocycles. The third-order valence-electron chi connectivity index (χ3n) is 3.88. The Bertz CT molecular complexity index is 608. The van der Waals surface area contributed by atoms with E-state index in [2.05, 4.69) is 54.9 Å². The van der Waals surface area contributed by atoms with Gasteiger partial charge in [-0.2, -0.15) is 4.57 Å². The molecule has 1 aromatic carbocycles. The Labute approximate surface area is 102 Å². The molecule has 1 heterocycles. The zero-order chi connectivity index (χ0) is 11.8. The summed E-state index contributed by atoms with van der Waals surface area (Å²) in [6, 6.07) is 13.1. The van der Waals surface area contributed by atoms with E-state index in [1.807, 2.05) is 0 Å². The van der Waals surface area contributed by atoms with Gasteiger partial charge in [-0.25, -0.2) is 0 Å². The topological polar surface area (TPSA) is 3.88 Å². The van der Waals surface area contributed by atoms with Crippen molar-refractivity contribution in [1.29, 1.82) is 0 Å². The fourth-order valence-corrected chi connectivity index (χ4v) is 2.89. The molecular weight excluding hydrogens is 206 g/mol. The second-order valence-electron chi connectivity index (χ2n) is 4.95. The van der Waals surface area contributed by atoms with E-state index in [9.17, 15) is 0 Å². The maximum absolute atomic E-state index is 2.33. The number of benzene rings is 1. The molecule has 0 spiro atoms. The van der Waals surface area contributed by atoms with Crippen LogP contribution < -0.4 is 4.57 Å². The molecule has 1 aliphatic carbocycles. The molecule has 0 saturated carbocycles. The number of para-hydroxylation sites is 1. The van der Waals surface area contributed by atoms with Crippen LogP contribution in [-0.4, -0.2) is 0 Å². The Balaban J connectivity index is 2.25. The fourth-order valence-electron chi connectivity index (χ4n) is 2.89. The summed E-state index contributed by atoms with van der Waals surface area (Å²) in [5.41, 5.74) is 5.82. The van der Waals surface area contributed by atoms with E-state index in [4.69, 9.17) is 0 Å². The SMILES string of the molecule is CC1=C(c2ccc3ccccc3[n+]2C)CCC1. The van der Waals surface area contributed by atoms with Gasteiger partial charge in [-0.05, 0) is 38.3 Å². The van der Waals surface area contributed by atoms with Gasteiger partial charge in [-0.15, -0.1) is 0 Å². The van der Waals surface area contributed by atoms with E-state index in [0.29, 0.717) is 0 Å². The zero-order valence-electron chi connectivity index (χ0n) is 10.5. The fraction of sp³-hybridized carbons (Fsp3) is 0.312. The van der Waals surface area contributed by atoms with Gasteiger partial charge in [0, 0.05) is 23.1 Å².